The molecule has 3 aromatic rings. The van der Waals surface area contributed by atoms with Crippen LogP contribution in [0, 0.1) is 6.92 Å². The van der Waals surface area contributed by atoms with E-state index < -0.39 is 5.97 Å². The van der Waals surface area contributed by atoms with Gasteiger partial charge in [-0.3, -0.25) is 0 Å². The van der Waals surface area contributed by atoms with Gasteiger partial charge in [-0.15, -0.1) is 5.10 Å². The van der Waals surface area contributed by atoms with Crippen molar-refractivity contribution in [2.75, 3.05) is 5.32 Å². The molecule has 0 radical (unpaired) electrons. The Hall–Kier alpha value is -3.15. The molecule has 2 aromatic carbocycles. The summed E-state index contributed by atoms with van der Waals surface area (Å²) in [5.41, 5.74) is 3.37. The average Bonchev–Trinajstić information content (AvgIpc) is 3.02. The summed E-state index contributed by atoms with van der Waals surface area (Å²) in [5, 5.41) is 19.8. The number of nitrogens with one attached hydrogen (secondary N) is 1. The minimum Gasteiger partial charge on any atom is -0.478 e. The van der Waals surface area contributed by atoms with Gasteiger partial charge in [-0.25, -0.2) is 4.79 Å². The van der Waals surface area contributed by atoms with Crippen LogP contribution in [0.2, 0.25) is 0 Å². The maximum absolute atomic E-state index is 10.8. The molecule has 1 aromatic heterocycles. The topological polar surface area (TPSA) is 88.2 Å². The zero-order valence-corrected chi connectivity index (χ0v) is 13.2. The fourth-order valence-corrected chi connectivity index (χ4v) is 2.23. The van der Waals surface area contributed by atoms with Gasteiger partial charge in [0.2, 0.25) is 5.89 Å². The van der Waals surface area contributed by atoms with Crippen molar-refractivity contribution in [2.45, 2.75) is 19.8 Å². The number of hydrogen-bond acceptors (Lipinski definition) is 5. The Labute approximate surface area is 139 Å². The van der Waals surface area contributed by atoms with Gasteiger partial charge in [0, 0.05) is 12.1 Å². The summed E-state index contributed by atoms with van der Waals surface area (Å²) < 4.78 is 5.56. The van der Waals surface area contributed by atoms with E-state index in [0.29, 0.717) is 18.0 Å². The molecule has 6 heteroatoms. The number of carboxylic acids is 1. The Bertz CT molecular complexity index is 823. The van der Waals surface area contributed by atoms with Crippen molar-refractivity contribution in [1.82, 2.24) is 10.2 Å². The highest BCUT2D eigenvalue weighted by Gasteiger charge is 2.08. The van der Waals surface area contributed by atoms with E-state index >= 15 is 0 Å². The molecule has 0 saturated heterocycles. The van der Waals surface area contributed by atoms with E-state index in [4.69, 9.17) is 9.52 Å². The SMILES string of the molecule is Cc1ccc(CCc2nnc(Nc3ccc(C(=O)O)cc3)o2)cc1. The third-order valence-electron chi connectivity index (χ3n) is 3.60. The number of anilines is 2. The normalized spacial score (nSPS) is 10.5. The van der Waals surface area contributed by atoms with Crippen molar-refractivity contribution < 1.29 is 14.3 Å². The Kier molecular flexibility index (Phi) is 4.56. The maximum atomic E-state index is 10.8. The predicted octanol–water partition coefficient (Wildman–Crippen LogP) is 3.61. The molecule has 0 amide bonds. The molecular formula is C18H17N3O3. The molecule has 0 atom stereocenters. The van der Waals surface area contributed by atoms with Crippen LogP contribution in [0.4, 0.5) is 11.7 Å². The van der Waals surface area contributed by atoms with E-state index in [1.54, 1.807) is 12.1 Å². The number of carbonyl (C=O) groups is 1. The highest BCUT2D eigenvalue weighted by molar-refractivity contribution is 5.88. The Morgan fingerprint density at radius 3 is 2.42 bits per heavy atom. The fraction of sp³-hybridized carbons (Fsp3) is 0.167. The molecule has 0 fully saturated rings. The van der Waals surface area contributed by atoms with E-state index in [-0.39, 0.29) is 11.6 Å². The third kappa shape index (κ3) is 3.98. The summed E-state index contributed by atoms with van der Waals surface area (Å²) in [7, 11) is 0. The molecule has 0 spiro atoms. The van der Waals surface area contributed by atoms with Gasteiger partial charge >= 0.3 is 12.0 Å². The van der Waals surface area contributed by atoms with Crippen LogP contribution in [-0.4, -0.2) is 21.3 Å². The monoisotopic (exact) mass is 323 g/mol. The van der Waals surface area contributed by atoms with E-state index in [1.165, 1.54) is 23.3 Å². The second-order valence-corrected chi connectivity index (χ2v) is 5.49. The van der Waals surface area contributed by atoms with Crippen molar-refractivity contribution >= 4 is 17.7 Å². The Balaban J connectivity index is 1.58. The third-order valence-corrected chi connectivity index (χ3v) is 3.60. The summed E-state index contributed by atoms with van der Waals surface area (Å²) in [4.78, 5) is 10.8. The second-order valence-electron chi connectivity index (χ2n) is 5.49. The molecule has 6 nitrogen and oxygen atoms in total. The number of benzene rings is 2. The molecular weight excluding hydrogens is 306 g/mol. The molecule has 0 bridgehead atoms. The van der Waals surface area contributed by atoms with Gasteiger partial charge in [0.15, 0.2) is 0 Å². The minimum absolute atomic E-state index is 0.227. The first-order chi connectivity index (χ1) is 11.6. The molecule has 0 aliphatic heterocycles. The molecule has 0 saturated carbocycles. The Morgan fingerprint density at radius 1 is 1.04 bits per heavy atom. The lowest BCUT2D eigenvalue weighted by atomic mass is 10.1. The van der Waals surface area contributed by atoms with Gasteiger partial charge in [-0.1, -0.05) is 34.9 Å². The van der Waals surface area contributed by atoms with Crippen molar-refractivity contribution in [3.63, 3.8) is 0 Å². The minimum atomic E-state index is -0.960. The lowest BCUT2D eigenvalue weighted by Gasteiger charge is -2.01. The van der Waals surface area contributed by atoms with Gasteiger partial charge in [0.05, 0.1) is 5.56 Å². The number of nitrogens with zero attached hydrogens (tertiary/aromatic N) is 2. The summed E-state index contributed by atoms with van der Waals surface area (Å²) in [5.74, 6) is -0.405. The number of rotatable bonds is 6. The fourth-order valence-electron chi connectivity index (χ4n) is 2.23. The summed E-state index contributed by atoms with van der Waals surface area (Å²) in [6.07, 6.45) is 1.49. The van der Waals surface area contributed by atoms with E-state index in [0.717, 1.165) is 6.42 Å². The van der Waals surface area contributed by atoms with E-state index in [9.17, 15) is 4.79 Å². The first-order valence-electron chi connectivity index (χ1n) is 7.58. The van der Waals surface area contributed by atoms with Crippen LogP contribution in [0.1, 0.15) is 27.4 Å². The molecule has 0 aliphatic rings. The highest BCUT2D eigenvalue weighted by Crippen LogP contribution is 2.17. The summed E-state index contributed by atoms with van der Waals surface area (Å²) >= 11 is 0. The number of carboxylic acid groups (broad SMARTS) is 1. The van der Waals surface area contributed by atoms with Crippen molar-refractivity contribution in [2.24, 2.45) is 0 Å². The van der Waals surface area contributed by atoms with Gasteiger partial charge in [-0.05, 0) is 43.2 Å². The summed E-state index contributed by atoms with van der Waals surface area (Å²) in [6, 6.07) is 15.0. The van der Waals surface area contributed by atoms with Crippen LogP contribution >= 0.6 is 0 Å². The molecule has 122 valence electrons. The van der Waals surface area contributed by atoms with Crippen LogP contribution in [-0.2, 0) is 12.8 Å². The maximum Gasteiger partial charge on any atom is 0.335 e. The van der Waals surface area contributed by atoms with Gasteiger partial charge in [-0.2, -0.15) is 0 Å². The number of aromatic carboxylic acids is 1. The predicted molar refractivity (Wildman–Crippen MR) is 89.6 cm³/mol. The van der Waals surface area contributed by atoms with Gasteiger partial charge in [0.25, 0.3) is 0 Å². The number of hydrogen-bond donors (Lipinski definition) is 2. The van der Waals surface area contributed by atoms with Crippen molar-refractivity contribution in [3.05, 3.63) is 71.1 Å². The quantitative estimate of drug-likeness (QED) is 0.720. The van der Waals surface area contributed by atoms with Crippen LogP contribution in [0.25, 0.3) is 0 Å². The smallest absolute Gasteiger partial charge is 0.335 e. The van der Waals surface area contributed by atoms with Crippen LogP contribution < -0.4 is 5.32 Å². The van der Waals surface area contributed by atoms with Gasteiger partial charge < -0.3 is 14.8 Å². The van der Waals surface area contributed by atoms with Crippen molar-refractivity contribution in [3.8, 4) is 0 Å². The Morgan fingerprint density at radius 2 is 1.75 bits per heavy atom. The number of aryl methyl sites for hydroxylation is 3. The molecule has 24 heavy (non-hydrogen) atoms. The summed E-state index contributed by atoms with van der Waals surface area (Å²) in [6.45, 7) is 2.06. The highest BCUT2D eigenvalue weighted by atomic mass is 16.4. The van der Waals surface area contributed by atoms with E-state index in [2.05, 4.69) is 46.7 Å². The second kappa shape index (κ2) is 6.95. The van der Waals surface area contributed by atoms with Crippen LogP contribution in [0.15, 0.2) is 52.9 Å². The molecule has 3 rings (SSSR count). The average molecular weight is 323 g/mol. The zero-order chi connectivity index (χ0) is 16.9. The van der Waals surface area contributed by atoms with E-state index in [1.807, 2.05) is 0 Å². The molecule has 0 unspecified atom stereocenters. The molecule has 0 aliphatic carbocycles. The van der Waals surface area contributed by atoms with Crippen LogP contribution in [0.3, 0.4) is 0 Å². The lowest BCUT2D eigenvalue weighted by molar-refractivity contribution is 0.0697. The largest absolute Gasteiger partial charge is 0.478 e. The lowest BCUT2D eigenvalue weighted by Crippen LogP contribution is -1.96. The molecule has 2 N–H and O–H groups in total. The van der Waals surface area contributed by atoms with Crippen LogP contribution in [0.5, 0.6) is 0 Å². The van der Waals surface area contributed by atoms with Gasteiger partial charge in [0.1, 0.15) is 0 Å². The first kappa shape index (κ1) is 15.7. The number of aromatic nitrogens is 2. The zero-order valence-electron chi connectivity index (χ0n) is 13.2. The first-order valence-corrected chi connectivity index (χ1v) is 7.58. The van der Waals surface area contributed by atoms with Crippen molar-refractivity contribution in [1.29, 1.82) is 0 Å². The molecule has 1 heterocycles. The standard InChI is InChI=1S/C18H17N3O3/c1-12-2-4-13(5-3-12)6-11-16-20-21-18(24-16)19-15-9-7-14(8-10-15)17(22)23/h2-5,7-10H,6,11H2,1H3,(H,19,21)(H,22,23).